The van der Waals surface area contributed by atoms with Gasteiger partial charge in [0.1, 0.15) is 5.82 Å². The minimum Gasteiger partial charge on any atom is -0.340 e. The first-order chi connectivity index (χ1) is 17.7. The molecule has 2 amide bonds. The standard InChI is InChI=1S/C31H42FN3O2/c1-20(24-13-11-22(3)35(15-14-24)31(37)25-8-6-5-7-9-25)16-27-17-28(32)18-29(23(27)4)34-30(36)26-12-10-21(2)33-19-26/h10,12,17-20,22,24-25H,5-9,11,13-16H2,1-4H3,(H,34,36). The molecule has 2 heterocycles. The molecule has 0 radical (unpaired) electrons. The average Bonchev–Trinajstić information content (AvgIpc) is 3.08. The topological polar surface area (TPSA) is 62.3 Å². The van der Waals surface area contributed by atoms with Gasteiger partial charge in [0.15, 0.2) is 0 Å². The Balaban J connectivity index is 1.41. The molecule has 1 aliphatic heterocycles. The maximum atomic E-state index is 14.6. The van der Waals surface area contributed by atoms with E-state index in [9.17, 15) is 14.0 Å². The Hall–Kier alpha value is -2.76. The number of amides is 2. The van der Waals surface area contributed by atoms with E-state index in [0.29, 0.717) is 29.0 Å². The summed E-state index contributed by atoms with van der Waals surface area (Å²) in [4.78, 5) is 32.3. The van der Waals surface area contributed by atoms with E-state index in [1.54, 1.807) is 18.2 Å². The molecule has 1 aromatic carbocycles. The van der Waals surface area contributed by atoms with Crippen LogP contribution in [0.15, 0.2) is 30.5 Å². The molecular weight excluding hydrogens is 465 g/mol. The molecular formula is C31H42FN3O2. The van der Waals surface area contributed by atoms with E-state index in [2.05, 4.69) is 29.0 Å². The van der Waals surface area contributed by atoms with Crippen molar-refractivity contribution in [3.05, 3.63) is 58.7 Å². The van der Waals surface area contributed by atoms with Gasteiger partial charge in [-0.25, -0.2) is 4.39 Å². The van der Waals surface area contributed by atoms with Crippen LogP contribution in [-0.2, 0) is 11.2 Å². The van der Waals surface area contributed by atoms with Crippen molar-refractivity contribution in [3.8, 4) is 0 Å². The zero-order chi connectivity index (χ0) is 26.5. The first-order valence-corrected chi connectivity index (χ1v) is 14.1. The molecule has 3 unspecified atom stereocenters. The Labute approximate surface area is 221 Å². The van der Waals surface area contributed by atoms with E-state index in [4.69, 9.17) is 0 Å². The average molecular weight is 508 g/mol. The van der Waals surface area contributed by atoms with Gasteiger partial charge < -0.3 is 10.2 Å². The Bertz CT molecular complexity index is 1090. The lowest BCUT2D eigenvalue weighted by Crippen LogP contribution is -2.42. The summed E-state index contributed by atoms with van der Waals surface area (Å²) >= 11 is 0. The highest BCUT2D eigenvalue weighted by molar-refractivity contribution is 6.04. The van der Waals surface area contributed by atoms with Gasteiger partial charge in [0.25, 0.3) is 5.91 Å². The molecule has 1 N–H and O–H groups in total. The summed E-state index contributed by atoms with van der Waals surface area (Å²) in [6, 6.07) is 6.79. The number of likely N-dealkylation sites (tertiary alicyclic amines) is 1. The predicted molar refractivity (Wildman–Crippen MR) is 146 cm³/mol. The zero-order valence-corrected chi connectivity index (χ0v) is 22.9. The molecule has 5 nitrogen and oxygen atoms in total. The second kappa shape index (κ2) is 12.2. The molecule has 200 valence electrons. The Morgan fingerprint density at radius 2 is 1.84 bits per heavy atom. The number of nitrogens with zero attached hydrogens (tertiary/aromatic N) is 2. The Morgan fingerprint density at radius 3 is 2.54 bits per heavy atom. The number of rotatable bonds is 6. The monoisotopic (exact) mass is 507 g/mol. The van der Waals surface area contributed by atoms with Gasteiger partial charge in [-0.2, -0.15) is 0 Å². The van der Waals surface area contributed by atoms with Crippen LogP contribution in [0.3, 0.4) is 0 Å². The molecule has 1 aliphatic carbocycles. The molecule has 3 atom stereocenters. The number of hydrogen-bond acceptors (Lipinski definition) is 3. The molecule has 2 aromatic rings. The van der Waals surface area contributed by atoms with Crippen LogP contribution < -0.4 is 5.32 Å². The van der Waals surface area contributed by atoms with Crippen molar-refractivity contribution in [3.63, 3.8) is 0 Å². The fraction of sp³-hybridized carbons (Fsp3) is 0.581. The number of aromatic nitrogens is 1. The molecule has 1 saturated carbocycles. The molecule has 1 aromatic heterocycles. The SMILES string of the molecule is Cc1ccc(C(=O)Nc2cc(F)cc(CC(C)C3CCC(C)N(C(=O)C4CCCCC4)CC3)c2C)cn1. The van der Waals surface area contributed by atoms with Crippen molar-refractivity contribution in [1.29, 1.82) is 0 Å². The van der Waals surface area contributed by atoms with Gasteiger partial charge in [0.2, 0.25) is 5.91 Å². The van der Waals surface area contributed by atoms with Crippen molar-refractivity contribution in [2.45, 2.75) is 91.5 Å². The van der Waals surface area contributed by atoms with Crippen molar-refractivity contribution >= 4 is 17.5 Å². The number of pyridine rings is 1. The Morgan fingerprint density at radius 1 is 1.08 bits per heavy atom. The normalized spacial score (nSPS) is 21.8. The van der Waals surface area contributed by atoms with Crippen LogP contribution in [-0.4, -0.2) is 34.3 Å². The highest BCUT2D eigenvalue weighted by atomic mass is 19.1. The third-order valence-electron chi connectivity index (χ3n) is 8.71. The van der Waals surface area contributed by atoms with Gasteiger partial charge in [0, 0.05) is 36.1 Å². The summed E-state index contributed by atoms with van der Waals surface area (Å²) in [5, 5.41) is 2.88. The van der Waals surface area contributed by atoms with Gasteiger partial charge in [0.05, 0.1) is 5.56 Å². The number of carbonyl (C=O) groups is 2. The first-order valence-electron chi connectivity index (χ1n) is 14.1. The minimum atomic E-state index is -0.344. The molecule has 2 fully saturated rings. The van der Waals surface area contributed by atoms with Gasteiger partial charge in [-0.1, -0.05) is 26.2 Å². The third kappa shape index (κ3) is 6.77. The highest BCUT2D eigenvalue weighted by Gasteiger charge is 2.32. The number of benzene rings is 1. The van der Waals surface area contributed by atoms with Crippen LogP contribution >= 0.6 is 0 Å². The number of anilines is 1. The minimum absolute atomic E-state index is 0.212. The van der Waals surface area contributed by atoms with Crippen molar-refractivity contribution in [2.24, 2.45) is 17.8 Å². The van der Waals surface area contributed by atoms with Gasteiger partial charge in [-0.15, -0.1) is 0 Å². The van der Waals surface area contributed by atoms with Crippen molar-refractivity contribution in [1.82, 2.24) is 9.88 Å². The summed E-state index contributed by atoms with van der Waals surface area (Å²) in [7, 11) is 0. The quantitative estimate of drug-likeness (QED) is 0.464. The predicted octanol–water partition coefficient (Wildman–Crippen LogP) is 6.87. The summed E-state index contributed by atoms with van der Waals surface area (Å²) in [5.41, 5.74) is 3.62. The fourth-order valence-electron chi connectivity index (χ4n) is 6.15. The smallest absolute Gasteiger partial charge is 0.257 e. The number of hydrogen-bond donors (Lipinski definition) is 1. The summed E-state index contributed by atoms with van der Waals surface area (Å²) in [6.07, 6.45) is 11.1. The maximum Gasteiger partial charge on any atom is 0.257 e. The van der Waals surface area contributed by atoms with E-state index in [-0.39, 0.29) is 23.7 Å². The van der Waals surface area contributed by atoms with E-state index in [1.165, 1.54) is 31.5 Å². The highest BCUT2D eigenvalue weighted by Crippen LogP contribution is 2.34. The van der Waals surface area contributed by atoms with Gasteiger partial charge in [-0.05, 0) is 107 Å². The number of nitrogens with one attached hydrogen (secondary N) is 1. The van der Waals surface area contributed by atoms with Crippen LogP contribution in [0, 0.1) is 37.4 Å². The molecule has 2 aliphatic rings. The lowest BCUT2D eigenvalue weighted by atomic mass is 9.82. The van der Waals surface area contributed by atoms with Crippen LogP contribution in [0.4, 0.5) is 10.1 Å². The fourth-order valence-corrected chi connectivity index (χ4v) is 6.15. The maximum absolute atomic E-state index is 14.6. The van der Waals surface area contributed by atoms with Crippen LogP contribution in [0.25, 0.3) is 0 Å². The molecule has 4 rings (SSSR count). The summed E-state index contributed by atoms with van der Waals surface area (Å²) in [6.45, 7) is 9.08. The third-order valence-corrected chi connectivity index (χ3v) is 8.71. The lowest BCUT2D eigenvalue weighted by Gasteiger charge is -2.32. The number of carbonyl (C=O) groups excluding carboxylic acids is 2. The van der Waals surface area contributed by atoms with Crippen LogP contribution in [0.2, 0.25) is 0 Å². The zero-order valence-electron chi connectivity index (χ0n) is 22.9. The second-order valence-electron chi connectivity index (χ2n) is 11.4. The van der Waals surface area contributed by atoms with E-state index < -0.39 is 0 Å². The second-order valence-corrected chi connectivity index (χ2v) is 11.4. The molecule has 0 spiro atoms. The molecule has 0 bridgehead atoms. The van der Waals surface area contributed by atoms with Gasteiger partial charge >= 0.3 is 0 Å². The lowest BCUT2D eigenvalue weighted by molar-refractivity contribution is -0.138. The molecule has 6 heteroatoms. The largest absolute Gasteiger partial charge is 0.340 e. The van der Waals surface area contributed by atoms with E-state index >= 15 is 0 Å². The first kappa shape index (κ1) is 27.3. The van der Waals surface area contributed by atoms with Crippen LogP contribution in [0.5, 0.6) is 0 Å². The summed E-state index contributed by atoms with van der Waals surface area (Å²) < 4.78 is 14.6. The Kier molecular flexibility index (Phi) is 8.99. The number of aryl methyl sites for hydroxylation is 1. The summed E-state index contributed by atoms with van der Waals surface area (Å²) in [5.74, 6) is 0.771. The molecule has 37 heavy (non-hydrogen) atoms. The number of halogens is 1. The van der Waals surface area contributed by atoms with Crippen molar-refractivity contribution in [2.75, 3.05) is 11.9 Å². The van der Waals surface area contributed by atoms with Crippen molar-refractivity contribution < 1.29 is 14.0 Å². The van der Waals surface area contributed by atoms with E-state index in [1.807, 2.05) is 13.8 Å². The van der Waals surface area contributed by atoms with E-state index in [0.717, 1.165) is 61.9 Å². The van der Waals surface area contributed by atoms with Crippen LogP contribution in [0.1, 0.15) is 92.4 Å². The molecule has 1 saturated heterocycles. The van der Waals surface area contributed by atoms with Gasteiger partial charge in [-0.3, -0.25) is 14.6 Å².